The molecule has 1 heterocycles. The number of para-hydroxylation sites is 1. The van der Waals surface area contributed by atoms with Gasteiger partial charge in [-0.15, -0.1) is 0 Å². The molecule has 0 fully saturated rings. The van der Waals surface area contributed by atoms with E-state index in [1.807, 2.05) is 60.9 Å². The number of nitrogens with one attached hydrogen (secondary N) is 4. The van der Waals surface area contributed by atoms with Crippen LogP contribution >= 0.6 is 11.8 Å². The number of hydrogen-bond acceptors (Lipinski definition) is 6. The maximum atomic E-state index is 13.3. The molecular weight excluding hydrogens is 542 g/mol. The molecule has 0 radical (unpaired) electrons. The lowest BCUT2D eigenvalue weighted by Gasteiger charge is -2.27. The molecule has 41 heavy (non-hydrogen) atoms. The van der Waals surface area contributed by atoms with Crippen LogP contribution in [0.2, 0.25) is 0 Å². The van der Waals surface area contributed by atoms with Crippen molar-refractivity contribution in [2.24, 2.45) is 11.7 Å². The van der Waals surface area contributed by atoms with Gasteiger partial charge in [-0.25, -0.2) is 4.79 Å². The molecule has 0 saturated heterocycles. The van der Waals surface area contributed by atoms with Gasteiger partial charge in [-0.2, -0.15) is 11.8 Å². The molecule has 10 nitrogen and oxygen atoms in total. The second kappa shape index (κ2) is 15.2. The van der Waals surface area contributed by atoms with Crippen LogP contribution in [-0.4, -0.2) is 70.0 Å². The Morgan fingerprint density at radius 3 is 2.20 bits per heavy atom. The van der Waals surface area contributed by atoms with Gasteiger partial charge in [0.25, 0.3) is 0 Å². The predicted octanol–water partition coefficient (Wildman–Crippen LogP) is 2.23. The minimum absolute atomic E-state index is 0.0650. The standard InChI is InChI=1S/C30H39N5O5S/c1-18(2)26(29(38)34-25(30(39)40)16-20-17-32-23-12-8-7-11-21(20)23)35-28(37)24(13-14-41-3)33-27(36)22(31)15-19-9-5-4-6-10-19/h4-12,17-18,22,24-26,32H,13-16,31H2,1-3H3,(H,33,36)(H,34,38)(H,35,37)(H,39,40). The summed E-state index contributed by atoms with van der Waals surface area (Å²) in [7, 11) is 0. The van der Waals surface area contributed by atoms with Crippen LogP contribution in [0.3, 0.4) is 0 Å². The van der Waals surface area contributed by atoms with E-state index in [0.717, 1.165) is 22.0 Å². The zero-order chi connectivity index (χ0) is 29.9. The fourth-order valence-electron chi connectivity index (χ4n) is 4.51. The van der Waals surface area contributed by atoms with E-state index in [9.17, 15) is 24.3 Å². The molecule has 7 N–H and O–H groups in total. The summed E-state index contributed by atoms with van der Waals surface area (Å²) in [5, 5.41) is 18.8. The van der Waals surface area contributed by atoms with Gasteiger partial charge in [0.1, 0.15) is 18.1 Å². The molecule has 3 rings (SSSR count). The van der Waals surface area contributed by atoms with Gasteiger partial charge in [0.05, 0.1) is 6.04 Å². The van der Waals surface area contributed by atoms with E-state index in [2.05, 4.69) is 20.9 Å². The second-order valence-corrected chi connectivity index (χ2v) is 11.3. The zero-order valence-corrected chi connectivity index (χ0v) is 24.4. The molecule has 3 amide bonds. The third-order valence-electron chi connectivity index (χ3n) is 6.84. The lowest BCUT2D eigenvalue weighted by Crippen LogP contribution is -2.58. The number of carboxylic acid groups (broad SMARTS) is 1. The quantitative estimate of drug-likeness (QED) is 0.160. The third kappa shape index (κ3) is 9.09. The first-order chi connectivity index (χ1) is 19.6. The molecule has 0 aliphatic carbocycles. The minimum Gasteiger partial charge on any atom is -0.480 e. The van der Waals surface area contributed by atoms with Crippen molar-refractivity contribution in [1.29, 1.82) is 0 Å². The van der Waals surface area contributed by atoms with E-state index in [1.165, 1.54) is 11.8 Å². The van der Waals surface area contributed by atoms with Crippen LogP contribution in [0.1, 0.15) is 31.4 Å². The number of carbonyl (C=O) groups excluding carboxylic acids is 3. The molecule has 220 valence electrons. The highest BCUT2D eigenvalue weighted by atomic mass is 32.2. The van der Waals surface area contributed by atoms with Gasteiger partial charge in [0.2, 0.25) is 17.7 Å². The molecule has 4 atom stereocenters. The van der Waals surface area contributed by atoms with Crippen molar-refractivity contribution in [3.63, 3.8) is 0 Å². The number of aromatic amines is 1. The molecule has 1 aromatic heterocycles. The van der Waals surface area contributed by atoms with Crippen LogP contribution < -0.4 is 21.7 Å². The lowest BCUT2D eigenvalue weighted by molar-refractivity contribution is -0.142. The number of hydrogen-bond donors (Lipinski definition) is 6. The Kier molecular flexibility index (Phi) is 11.8. The number of fused-ring (bicyclic) bond motifs is 1. The average Bonchev–Trinajstić information content (AvgIpc) is 3.36. The maximum Gasteiger partial charge on any atom is 0.326 e. The zero-order valence-electron chi connectivity index (χ0n) is 23.6. The number of benzene rings is 2. The first kappa shape index (κ1) is 31.7. The van der Waals surface area contributed by atoms with Crippen molar-refractivity contribution < 1.29 is 24.3 Å². The number of nitrogens with two attached hydrogens (primary N) is 1. The Labute approximate surface area is 244 Å². The fraction of sp³-hybridized carbons (Fsp3) is 0.400. The maximum absolute atomic E-state index is 13.3. The summed E-state index contributed by atoms with van der Waals surface area (Å²) < 4.78 is 0. The number of aliphatic carboxylic acids is 1. The summed E-state index contributed by atoms with van der Waals surface area (Å²) >= 11 is 1.52. The fourth-order valence-corrected chi connectivity index (χ4v) is 4.99. The number of carbonyl (C=O) groups is 4. The van der Waals surface area contributed by atoms with Crippen LogP contribution in [0.15, 0.2) is 60.8 Å². The molecule has 2 aromatic carbocycles. The molecule has 0 aliphatic heterocycles. The minimum atomic E-state index is -1.21. The number of thioether (sulfide) groups is 1. The molecule has 0 saturated carbocycles. The summed E-state index contributed by atoms with van der Waals surface area (Å²) in [5.41, 5.74) is 8.65. The lowest BCUT2D eigenvalue weighted by atomic mass is 10.0. The van der Waals surface area contributed by atoms with Gasteiger partial charge >= 0.3 is 5.97 Å². The highest BCUT2D eigenvalue weighted by Gasteiger charge is 2.32. The Hall–Kier alpha value is -3.83. The Morgan fingerprint density at radius 2 is 1.54 bits per heavy atom. The summed E-state index contributed by atoms with van der Waals surface area (Å²) in [6, 6.07) is 12.9. The average molecular weight is 582 g/mol. The first-order valence-corrected chi connectivity index (χ1v) is 15.0. The number of rotatable bonds is 15. The molecule has 0 bridgehead atoms. The van der Waals surface area contributed by atoms with Crippen molar-refractivity contribution in [2.75, 3.05) is 12.0 Å². The molecule has 0 spiro atoms. The van der Waals surface area contributed by atoms with E-state index in [4.69, 9.17) is 5.73 Å². The monoisotopic (exact) mass is 581 g/mol. The molecular formula is C30H39N5O5S. The smallest absolute Gasteiger partial charge is 0.326 e. The SMILES string of the molecule is CSCCC(NC(=O)C(N)Cc1ccccc1)C(=O)NC(C(=O)NC(Cc1c[nH]c2ccccc12)C(=O)O)C(C)C. The Bertz CT molecular complexity index is 1330. The normalized spacial score (nSPS) is 14.2. The largest absolute Gasteiger partial charge is 0.480 e. The van der Waals surface area contributed by atoms with Crippen LogP contribution in [0.25, 0.3) is 10.9 Å². The number of carboxylic acids is 1. The molecule has 3 aromatic rings. The Balaban J connectivity index is 1.68. The van der Waals surface area contributed by atoms with E-state index in [-0.39, 0.29) is 12.3 Å². The Morgan fingerprint density at radius 1 is 0.878 bits per heavy atom. The second-order valence-electron chi connectivity index (χ2n) is 10.3. The van der Waals surface area contributed by atoms with Crippen molar-refractivity contribution in [2.45, 2.75) is 57.3 Å². The molecule has 0 aliphatic rings. The number of amides is 3. The summed E-state index contributed by atoms with van der Waals surface area (Å²) in [6.45, 7) is 3.51. The first-order valence-electron chi connectivity index (χ1n) is 13.6. The molecule has 4 unspecified atom stereocenters. The van der Waals surface area contributed by atoms with Crippen molar-refractivity contribution in [3.8, 4) is 0 Å². The van der Waals surface area contributed by atoms with Gasteiger partial charge in [-0.1, -0.05) is 62.4 Å². The van der Waals surface area contributed by atoms with E-state index >= 15 is 0 Å². The van der Waals surface area contributed by atoms with Crippen LogP contribution in [0, 0.1) is 5.92 Å². The van der Waals surface area contributed by atoms with Crippen molar-refractivity contribution in [3.05, 3.63) is 71.9 Å². The van der Waals surface area contributed by atoms with Gasteiger partial charge in [-0.05, 0) is 48.0 Å². The van der Waals surface area contributed by atoms with Crippen LogP contribution in [-0.2, 0) is 32.0 Å². The summed E-state index contributed by atoms with van der Waals surface area (Å²) in [4.78, 5) is 54.7. The summed E-state index contributed by atoms with van der Waals surface area (Å²) in [6.07, 6.45) is 4.34. The topological polar surface area (TPSA) is 166 Å². The van der Waals surface area contributed by atoms with Crippen LogP contribution in [0.4, 0.5) is 0 Å². The van der Waals surface area contributed by atoms with Gasteiger partial charge in [0.15, 0.2) is 0 Å². The number of H-pyrrole nitrogens is 1. The van der Waals surface area contributed by atoms with Gasteiger partial charge < -0.3 is 31.8 Å². The van der Waals surface area contributed by atoms with E-state index in [0.29, 0.717) is 18.6 Å². The predicted molar refractivity (Wildman–Crippen MR) is 161 cm³/mol. The highest BCUT2D eigenvalue weighted by Crippen LogP contribution is 2.19. The van der Waals surface area contributed by atoms with Gasteiger partial charge in [-0.3, -0.25) is 14.4 Å². The number of aromatic nitrogens is 1. The van der Waals surface area contributed by atoms with Crippen LogP contribution in [0.5, 0.6) is 0 Å². The van der Waals surface area contributed by atoms with Crippen molar-refractivity contribution in [1.82, 2.24) is 20.9 Å². The third-order valence-corrected chi connectivity index (χ3v) is 7.48. The highest BCUT2D eigenvalue weighted by molar-refractivity contribution is 7.98. The summed E-state index contributed by atoms with van der Waals surface area (Å²) in [5.74, 6) is -2.55. The van der Waals surface area contributed by atoms with Gasteiger partial charge in [0, 0.05) is 23.5 Å². The van der Waals surface area contributed by atoms with E-state index in [1.54, 1.807) is 20.0 Å². The van der Waals surface area contributed by atoms with E-state index < -0.39 is 47.9 Å². The molecule has 11 heteroatoms. The van der Waals surface area contributed by atoms with Crippen molar-refractivity contribution >= 4 is 46.4 Å².